The number of carbonyl (C=O) groups excluding carboxylic acids is 4. The van der Waals surface area contributed by atoms with Crippen LogP contribution in [0.25, 0.3) is 0 Å². The Labute approximate surface area is 383 Å². The van der Waals surface area contributed by atoms with Gasteiger partial charge in [0.15, 0.2) is 0 Å². The molecule has 0 heterocycles. The van der Waals surface area contributed by atoms with Crippen LogP contribution in [-0.4, -0.2) is 132 Å². The van der Waals surface area contributed by atoms with E-state index in [1.54, 1.807) is 121 Å². The third-order valence-electron chi connectivity index (χ3n) is 5.74. The van der Waals surface area contributed by atoms with Gasteiger partial charge in [-0.05, 0) is 48.5 Å². The summed E-state index contributed by atoms with van der Waals surface area (Å²) in [6, 6.07) is 33.9. The minimum atomic E-state index is -1.05. The quantitative estimate of drug-likeness (QED) is 0.0635. The van der Waals surface area contributed by atoms with Crippen LogP contribution in [0.4, 0.5) is 0 Å². The molecule has 4 rings (SSSR count). The van der Waals surface area contributed by atoms with Crippen LogP contribution in [0.15, 0.2) is 121 Å². The van der Waals surface area contributed by atoms with Gasteiger partial charge >= 0.3 is 23.9 Å². The number of carboxylic acids is 4. The molecular weight excluding hydrogens is 968 g/mol. The Bertz CT molecular complexity index is 1520. The molecule has 0 spiro atoms. The average molecular weight is 1020 g/mol. The predicted molar refractivity (Wildman–Crippen MR) is 211 cm³/mol. The number of aliphatic carboxylic acids is 4. The first-order chi connectivity index (χ1) is 24.8. The van der Waals surface area contributed by atoms with Gasteiger partial charge in [-0.15, -0.1) is 0 Å². The topological polar surface area (TPSA) is 486 Å². The molecule has 4 aromatic carbocycles. The minimum Gasteiger partial charge on any atom is -0.480 e. The van der Waals surface area contributed by atoms with E-state index >= 15 is 0 Å². The molecule has 4 aromatic rings. The van der Waals surface area contributed by atoms with E-state index in [2.05, 4.69) is 21.3 Å². The van der Waals surface area contributed by atoms with E-state index < -0.39 is 23.9 Å². The smallest absolute Gasteiger partial charge is 0.322 e. The van der Waals surface area contributed by atoms with Crippen LogP contribution in [0.1, 0.15) is 41.4 Å². The van der Waals surface area contributed by atoms with Gasteiger partial charge < -0.3 is 80.0 Å². The Morgan fingerprint density at radius 1 is 0.290 bits per heavy atom. The number of carboxylic acid groups (broad SMARTS) is 4. The first kappa shape index (κ1) is 79.9. The number of carbonyl (C=O) groups is 8. The normalized spacial score (nSPS) is 7.74. The van der Waals surface area contributed by atoms with Crippen molar-refractivity contribution in [2.24, 2.45) is 0 Å². The number of nitrogens with one attached hydrogen (secondary N) is 4. The first-order valence-electron chi connectivity index (χ1n) is 15.0. The molecule has 0 saturated heterocycles. The summed E-state index contributed by atoms with van der Waals surface area (Å²) in [7, 11) is 0. The molecule has 0 saturated carbocycles. The summed E-state index contributed by atoms with van der Waals surface area (Å²) in [4.78, 5) is 85.2. The van der Waals surface area contributed by atoms with Crippen LogP contribution in [0.2, 0.25) is 0 Å². The molecule has 0 aromatic heterocycles. The summed E-state index contributed by atoms with van der Waals surface area (Å²) in [6.45, 7) is -1.41. The molecule has 4 amide bonds. The van der Waals surface area contributed by atoms with Crippen molar-refractivity contribution in [2.45, 2.75) is 0 Å². The molecule has 0 radical (unpaired) electrons. The minimum absolute atomic E-state index is 0. The Balaban J connectivity index is -0.0000000690. The van der Waals surface area contributed by atoms with E-state index in [-0.39, 0.29) is 138 Å². The van der Waals surface area contributed by atoms with Gasteiger partial charge in [0.1, 0.15) is 26.2 Å². The molecule has 0 aliphatic rings. The summed E-state index contributed by atoms with van der Waals surface area (Å²) in [5.74, 6) is -5.70. The van der Waals surface area contributed by atoms with Gasteiger partial charge in [0.05, 0.1) is 0 Å². The summed E-state index contributed by atoms with van der Waals surface area (Å²) in [6.07, 6.45) is 0. The summed E-state index contributed by atoms with van der Waals surface area (Å²) in [5, 5.41) is 42.2. The molecule has 0 bridgehead atoms. The fourth-order valence-corrected chi connectivity index (χ4v) is 3.39. The Morgan fingerprint density at radius 2 is 0.419 bits per heavy atom. The molecule has 0 unspecified atom stereocenters. The van der Waals surface area contributed by atoms with E-state index in [0.29, 0.717) is 22.3 Å². The molecule has 62 heavy (non-hydrogen) atoms. The second-order valence-electron chi connectivity index (χ2n) is 9.77. The van der Waals surface area contributed by atoms with Gasteiger partial charge in [0.2, 0.25) is 0 Å². The molecular formula is C36H50N4Ni3O19. The van der Waals surface area contributed by atoms with Gasteiger partial charge in [0.25, 0.3) is 23.6 Å². The van der Waals surface area contributed by atoms with Gasteiger partial charge in [0, 0.05) is 71.7 Å². The SMILES string of the molecule is O.O.O.O.O.O.O.O=C(O)CNC(=O)c1ccccc1.O=C(O)CNC(=O)c1ccccc1.O=C(O)CNC(=O)c1ccccc1.O=C(O)CNC(=O)c1ccccc1.[Ni].[Ni].[Ni]. The molecule has 0 aliphatic heterocycles. The maximum absolute atomic E-state index is 11.2. The number of amides is 4. The molecule has 0 atom stereocenters. The third-order valence-corrected chi connectivity index (χ3v) is 5.74. The van der Waals surface area contributed by atoms with Crippen LogP contribution >= 0.6 is 0 Å². The zero-order valence-corrected chi connectivity index (χ0v) is 34.8. The van der Waals surface area contributed by atoms with Crippen LogP contribution in [-0.2, 0) is 68.7 Å². The fraction of sp³-hybridized carbons (Fsp3) is 0.111. The predicted octanol–water partition coefficient (Wildman–Crippen LogP) is -3.78. The van der Waals surface area contributed by atoms with Gasteiger partial charge in [-0.25, -0.2) is 0 Å². The number of hydrogen-bond acceptors (Lipinski definition) is 8. The second-order valence-corrected chi connectivity index (χ2v) is 9.77. The molecule has 0 fully saturated rings. The van der Waals surface area contributed by atoms with E-state index in [9.17, 15) is 38.4 Å². The molecule has 23 nitrogen and oxygen atoms in total. The first-order valence-corrected chi connectivity index (χ1v) is 15.0. The van der Waals surface area contributed by atoms with Crippen molar-refractivity contribution in [1.29, 1.82) is 0 Å². The number of hydrogen-bond donors (Lipinski definition) is 8. The van der Waals surface area contributed by atoms with Crippen molar-refractivity contribution in [3.05, 3.63) is 144 Å². The van der Waals surface area contributed by atoms with E-state index in [0.717, 1.165) is 0 Å². The van der Waals surface area contributed by atoms with Crippen molar-refractivity contribution < 1.29 is 147 Å². The van der Waals surface area contributed by atoms with Gasteiger partial charge in [-0.3, -0.25) is 38.4 Å². The Kier molecular flexibility index (Phi) is 61.3. The van der Waals surface area contributed by atoms with Crippen LogP contribution in [0.3, 0.4) is 0 Å². The van der Waals surface area contributed by atoms with E-state index in [1.807, 2.05) is 0 Å². The zero-order chi connectivity index (χ0) is 38.7. The zero-order valence-electron chi connectivity index (χ0n) is 31.9. The van der Waals surface area contributed by atoms with Crippen molar-refractivity contribution in [3.8, 4) is 0 Å². The van der Waals surface area contributed by atoms with Crippen LogP contribution in [0.5, 0.6) is 0 Å². The summed E-state index contributed by atoms with van der Waals surface area (Å²) < 4.78 is 0. The second kappa shape index (κ2) is 47.5. The van der Waals surface area contributed by atoms with E-state index in [1.165, 1.54) is 0 Å². The average Bonchev–Trinajstić information content (AvgIpc) is 3.16. The molecule has 22 N–H and O–H groups in total. The molecule has 358 valence electrons. The van der Waals surface area contributed by atoms with Crippen molar-refractivity contribution in [3.63, 3.8) is 0 Å². The van der Waals surface area contributed by atoms with Crippen molar-refractivity contribution in [2.75, 3.05) is 26.2 Å². The van der Waals surface area contributed by atoms with Gasteiger partial charge in [-0.1, -0.05) is 72.8 Å². The van der Waals surface area contributed by atoms with Crippen LogP contribution in [0, 0.1) is 0 Å². The van der Waals surface area contributed by atoms with Crippen LogP contribution < -0.4 is 21.3 Å². The molecule has 0 aliphatic carbocycles. The fourth-order valence-electron chi connectivity index (χ4n) is 3.39. The monoisotopic (exact) mass is 1020 g/mol. The molecule has 26 heteroatoms. The summed E-state index contributed by atoms with van der Waals surface area (Å²) in [5.41, 5.74) is 1.85. The maximum Gasteiger partial charge on any atom is 0.322 e. The Hall–Kier alpha value is -6.16. The van der Waals surface area contributed by atoms with Crippen molar-refractivity contribution in [1.82, 2.24) is 21.3 Å². The van der Waals surface area contributed by atoms with Gasteiger partial charge in [-0.2, -0.15) is 0 Å². The third kappa shape index (κ3) is 39.3. The number of benzene rings is 4. The number of rotatable bonds is 12. The van der Waals surface area contributed by atoms with Crippen molar-refractivity contribution >= 4 is 47.5 Å². The largest absolute Gasteiger partial charge is 0.480 e. The maximum atomic E-state index is 11.2. The Morgan fingerprint density at radius 3 is 0.532 bits per heavy atom. The van der Waals surface area contributed by atoms with E-state index in [4.69, 9.17) is 20.4 Å². The standard InChI is InChI=1S/4C9H9NO3.3Ni.7H2O/c4*11-8(12)6-10-9(13)7-4-2-1-3-5-7;;;;;;;;;;/h4*1-5H,6H2,(H,10,13)(H,11,12);;;;7*1H2. The summed E-state index contributed by atoms with van der Waals surface area (Å²) >= 11 is 0.